The van der Waals surface area contributed by atoms with Gasteiger partial charge in [0, 0.05) is 6.21 Å². The van der Waals surface area contributed by atoms with Gasteiger partial charge in [0.05, 0.1) is 17.9 Å². The molecule has 23 heavy (non-hydrogen) atoms. The molecule has 2 aromatic rings. The van der Waals surface area contributed by atoms with Crippen LogP contribution < -0.4 is 10.2 Å². The van der Waals surface area contributed by atoms with Gasteiger partial charge in [-0.15, -0.1) is 0 Å². The molecule has 0 bridgehead atoms. The number of carbonyl (C=O) groups excluding carboxylic acids is 1. The number of amides is 1. The maximum absolute atomic E-state index is 11.8. The van der Waals surface area contributed by atoms with E-state index < -0.39 is 6.10 Å². The number of hydrogen-bond acceptors (Lipinski definition) is 5. The standard InChI is InChI=1S/C17H15N3O3/c1-13(23-16-8-6-14(12-18)7-9-16)17(21)20-19-10-2-4-15-5-3-11-22-15/h2-11,13H,1H3,(H,20,21)/b4-2-,19-10?/t13-/m1/s1. The molecule has 6 nitrogen and oxygen atoms in total. The number of allylic oxidation sites excluding steroid dienone is 1. The van der Waals surface area contributed by atoms with Crippen molar-refractivity contribution in [3.63, 3.8) is 0 Å². The summed E-state index contributed by atoms with van der Waals surface area (Å²) in [6, 6.07) is 12.1. The number of hydrogen-bond donors (Lipinski definition) is 1. The lowest BCUT2D eigenvalue weighted by Gasteiger charge is -2.12. The SMILES string of the molecule is C[C@@H](Oc1ccc(C#N)cc1)C(=O)NN=C/C=C\c1ccco1. The minimum Gasteiger partial charge on any atom is -0.481 e. The molecule has 0 fully saturated rings. The lowest BCUT2D eigenvalue weighted by atomic mass is 10.2. The van der Waals surface area contributed by atoms with Gasteiger partial charge in [-0.2, -0.15) is 10.4 Å². The van der Waals surface area contributed by atoms with E-state index in [-0.39, 0.29) is 5.91 Å². The molecule has 0 unspecified atom stereocenters. The topological polar surface area (TPSA) is 87.6 Å². The van der Waals surface area contributed by atoms with E-state index in [1.54, 1.807) is 61.7 Å². The number of nitrogens with zero attached hydrogens (tertiary/aromatic N) is 2. The van der Waals surface area contributed by atoms with Crippen LogP contribution in [0.3, 0.4) is 0 Å². The van der Waals surface area contributed by atoms with Crippen LogP contribution in [0.15, 0.2) is 58.3 Å². The number of hydrazone groups is 1. The van der Waals surface area contributed by atoms with Gasteiger partial charge in [-0.25, -0.2) is 5.43 Å². The minimum atomic E-state index is -0.714. The summed E-state index contributed by atoms with van der Waals surface area (Å²) in [6.07, 6.45) is 5.65. The number of nitriles is 1. The maximum Gasteiger partial charge on any atom is 0.280 e. The van der Waals surface area contributed by atoms with E-state index in [1.165, 1.54) is 6.21 Å². The molecule has 0 saturated heterocycles. The van der Waals surface area contributed by atoms with Crippen LogP contribution >= 0.6 is 0 Å². The third-order valence-electron chi connectivity index (χ3n) is 2.80. The quantitative estimate of drug-likeness (QED) is 0.656. The Hall–Kier alpha value is -3.33. The number of ether oxygens (including phenoxy) is 1. The number of benzene rings is 1. The van der Waals surface area contributed by atoms with Gasteiger partial charge in [0.15, 0.2) is 6.10 Å². The highest BCUT2D eigenvalue weighted by Crippen LogP contribution is 2.13. The van der Waals surface area contributed by atoms with Crippen molar-refractivity contribution < 1.29 is 13.9 Å². The Morgan fingerprint density at radius 1 is 1.39 bits per heavy atom. The summed E-state index contributed by atoms with van der Waals surface area (Å²) in [7, 11) is 0. The number of furan rings is 1. The van der Waals surface area contributed by atoms with E-state index in [2.05, 4.69) is 10.5 Å². The average molecular weight is 309 g/mol. The molecule has 0 aliphatic heterocycles. The number of nitrogens with one attached hydrogen (secondary N) is 1. The molecule has 1 amide bonds. The third-order valence-corrected chi connectivity index (χ3v) is 2.80. The molecule has 1 aromatic carbocycles. The van der Waals surface area contributed by atoms with Crippen molar-refractivity contribution in [3.05, 3.63) is 60.1 Å². The van der Waals surface area contributed by atoms with Gasteiger partial charge in [0.1, 0.15) is 11.5 Å². The van der Waals surface area contributed by atoms with E-state index in [0.717, 1.165) is 0 Å². The highest BCUT2D eigenvalue weighted by molar-refractivity contribution is 5.83. The molecular formula is C17H15N3O3. The second-order valence-corrected chi connectivity index (χ2v) is 4.53. The predicted molar refractivity (Wildman–Crippen MR) is 85.6 cm³/mol. The zero-order chi connectivity index (χ0) is 16.5. The summed E-state index contributed by atoms with van der Waals surface area (Å²) in [4.78, 5) is 11.8. The van der Waals surface area contributed by atoms with Crippen molar-refractivity contribution in [2.75, 3.05) is 0 Å². The smallest absolute Gasteiger partial charge is 0.280 e. The van der Waals surface area contributed by atoms with Crippen molar-refractivity contribution in [3.8, 4) is 11.8 Å². The highest BCUT2D eigenvalue weighted by Gasteiger charge is 2.13. The van der Waals surface area contributed by atoms with Crippen molar-refractivity contribution >= 4 is 18.2 Å². The fourth-order valence-electron chi connectivity index (χ4n) is 1.62. The molecule has 0 aliphatic carbocycles. The fourth-order valence-corrected chi connectivity index (χ4v) is 1.62. The summed E-state index contributed by atoms with van der Waals surface area (Å²) in [6.45, 7) is 1.61. The van der Waals surface area contributed by atoms with Gasteiger partial charge in [0.2, 0.25) is 0 Å². The van der Waals surface area contributed by atoms with Crippen LogP contribution in [-0.2, 0) is 4.79 Å². The average Bonchev–Trinajstić information content (AvgIpc) is 3.08. The van der Waals surface area contributed by atoms with Crippen LogP contribution in [-0.4, -0.2) is 18.2 Å². The van der Waals surface area contributed by atoms with Crippen molar-refractivity contribution in [2.45, 2.75) is 13.0 Å². The number of rotatable bonds is 6. The first-order valence-corrected chi connectivity index (χ1v) is 6.89. The van der Waals surface area contributed by atoms with Crippen LogP contribution in [0.4, 0.5) is 0 Å². The lowest BCUT2D eigenvalue weighted by Crippen LogP contribution is -2.33. The van der Waals surface area contributed by atoms with Crippen LogP contribution in [0.2, 0.25) is 0 Å². The molecule has 1 atom stereocenters. The Morgan fingerprint density at radius 2 is 2.17 bits per heavy atom. The molecule has 0 saturated carbocycles. The molecule has 0 radical (unpaired) electrons. The summed E-state index contributed by atoms with van der Waals surface area (Å²) >= 11 is 0. The Labute approximate surface area is 133 Å². The second-order valence-electron chi connectivity index (χ2n) is 4.53. The van der Waals surface area contributed by atoms with Crippen LogP contribution in [0.5, 0.6) is 5.75 Å². The van der Waals surface area contributed by atoms with Crippen molar-refractivity contribution in [1.29, 1.82) is 5.26 Å². The summed E-state index contributed by atoms with van der Waals surface area (Å²) < 4.78 is 10.6. The predicted octanol–water partition coefficient (Wildman–Crippen LogP) is 2.73. The lowest BCUT2D eigenvalue weighted by molar-refractivity contribution is -0.127. The van der Waals surface area contributed by atoms with Gasteiger partial charge >= 0.3 is 0 Å². The molecule has 1 aromatic heterocycles. The van der Waals surface area contributed by atoms with Crippen LogP contribution in [0, 0.1) is 11.3 Å². The first kappa shape index (κ1) is 16.0. The third kappa shape index (κ3) is 5.17. The Kier molecular flexibility index (Phi) is 5.72. The van der Waals surface area contributed by atoms with Gasteiger partial charge < -0.3 is 9.15 Å². The largest absolute Gasteiger partial charge is 0.481 e. The minimum absolute atomic E-state index is 0.378. The first-order valence-electron chi connectivity index (χ1n) is 6.89. The zero-order valence-electron chi connectivity index (χ0n) is 12.5. The van der Waals surface area contributed by atoms with E-state index >= 15 is 0 Å². The summed E-state index contributed by atoms with van der Waals surface area (Å²) in [5.41, 5.74) is 2.91. The monoisotopic (exact) mass is 309 g/mol. The normalized spacial score (nSPS) is 12.2. The van der Waals surface area contributed by atoms with E-state index in [1.807, 2.05) is 6.07 Å². The fraction of sp³-hybridized carbons (Fsp3) is 0.118. The van der Waals surface area contributed by atoms with E-state index in [4.69, 9.17) is 14.4 Å². The first-order chi connectivity index (χ1) is 11.2. The molecule has 1 N–H and O–H groups in total. The van der Waals surface area contributed by atoms with E-state index in [0.29, 0.717) is 17.1 Å². The highest BCUT2D eigenvalue weighted by atomic mass is 16.5. The number of carbonyl (C=O) groups is 1. The van der Waals surface area contributed by atoms with Gasteiger partial charge in [-0.1, -0.05) is 0 Å². The van der Waals surface area contributed by atoms with E-state index in [9.17, 15) is 4.79 Å². The molecule has 0 spiro atoms. The van der Waals surface area contributed by atoms with Gasteiger partial charge in [-0.3, -0.25) is 4.79 Å². The molecular weight excluding hydrogens is 294 g/mol. The van der Waals surface area contributed by atoms with Crippen molar-refractivity contribution in [1.82, 2.24) is 5.43 Å². The molecule has 2 rings (SSSR count). The Balaban J connectivity index is 1.79. The van der Waals surface area contributed by atoms with Crippen molar-refractivity contribution in [2.24, 2.45) is 5.10 Å². The Bertz CT molecular complexity index is 725. The molecule has 6 heteroatoms. The van der Waals surface area contributed by atoms with Gasteiger partial charge in [0.25, 0.3) is 5.91 Å². The summed E-state index contributed by atoms with van der Waals surface area (Å²) in [5.74, 6) is 0.825. The van der Waals surface area contributed by atoms with Gasteiger partial charge in [-0.05, 0) is 55.5 Å². The molecule has 0 aliphatic rings. The maximum atomic E-state index is 11.8. The van der Waals surface area contributed by atoms with Crippen LogP contribution in [0.25, 0.3) is 6.08 Å². The zero-order valence-corrected chi connectivity index (χ0v) is 12.5. The second kappa shape index (κ2) is 8.20. The molecule has 1 heterocycles. The van der Waals surface area contributed by atoms with Crippen LogP contribution in [0.1, 0.15) is 18.2 Å². The molecule has 116 valence electrons. The summed E-state index contributed by atoms with van der Waals surface area (Å²) in [5, 5.41) is 12.5. The Morgan fingerprint density at radius 3 is 2.83 bits per heavy atom.